The predicted molar refractivity (Wildman–Crippen MR) is 51.6 cm³/mol. The molecule has 0 atom stereocenters. The van der Waals surface area contributed by atoms with Gasteiger partial charge in [-0.1, -0.05) is 0 Å². The molecule has 1 fully saturated rings. The largest absolute Gasteiger partial charge is 0.477 e. The van der Waals surface area contributed by atoms with Crippen LogP contribution in [0.3, 0.4) is 0 Å². The predicted octanol–water partition coefficient (Wildman–Crippen LogP) is 1.33. The molecule has 1 aromatic heterocycles. The Labute approximate surface area is 82.9 Å². The summed E-state index contributed by atoms with van der Waals surface area (Å²) < 4.78 is 7.20. The monoisotopic (exact) mass is 194 g/mol. The molecule has 1 saturated carbocycles. The van der Waals surface area contributed by atoms with Crippen LogP contribution in [-0.2, 0) is 7.05 Å². The highest BCUT2D eigenvalue weighted by Gasteiger charge is 2.23. The molecule has 0 amide bonds. The average molecular weight is 194 g/mol. The van der Waals surface area contributed by atoms with Crippen LogP contribution in [0.5, 0.6) is 5.88 Å². The lowest BCUT2D eigenvalue weighted by Crippen LogP contribution is -2.05. The molecule has 4 nitrogen and oxygen atoms in total. The maximum Gasteiger partial charge on any atom is 0.222 e. The molecule has 0 aromatic carbocycles. The summed E-state index contributed by atoms with van der Waals surface area (Å²) in [5.74, 6) is 1.29. The molecule has 0 N–H and O–H groups in total. The summed E-state index contributed by atoms with van der Waals surface area (Å²) in [5.41, 5.74) is 1.31. The van der Waals surface area contributed by atoms with E-state index in [1.807, 2.05) is 6.92 Å². The van der Waals surface area contributed by atoms with E-state index in [0.29, 0.717) is 24.0 Å². The van der Waals surface area contributed by atoms with E-state index in [0.717, 1.165) is 12.0 Å². The molecular formula is C10H14N2O2. The van der Waals surface area contributed by atoms with Crippen LogP contribution in [0.4, 0.5) is 0 Å². The van der Waals surface area contributed by atoms with E-state index >= 15 is 0 Å². The molecule has 0 saturated heterocycles. The standard InChI is InChI=1S/C10H14N2O2/c1-7-9(5-13)10(12(2)11-7)14-6-8-3-4-8/h5,8H,3-4,6H2,1-2H3. The first-order valence-corrected chi connectivity index (χ1v) is 4.84. The highest BCUT2D eigenvalue weighted by atomic mass is 16.5. The van der Waals surface area contributed by atoms with Gasteiger partial charge in [0.15, 0.2) is 6.29 Å². The molecule has 1 heterocycles. The van der Waals surface area contributed by atoms with Crippen molar-refractivity contribution in [2.75, 3.05) is 6.61 Å². The minimum Gasteiger partial charge on any atom is -0.477 e. The first-order valence-electron chi connectivity index (χ1n) is 4.84. The fraction of sp³-hybridized carbons (Fsp3) is 0.600. The Morgan fingerprint density at radius 1 is 1.64 bits per heavy atom. The summed E-state index contributed by atoms with van der Waals surface area (Å²) in [6, 6.07) is 0. The van der Waals surface area contributed by atoms with Crippen LogP contribution >= 0.6 is 0 Å². The fourth-order valence-electron chi connectivity index (χ4n) is 1.44. The fourth-order valence-corrected chi connectivity index (χ4v) is 1.44. The zero-order valence-electron chi connectivity index (χ0n) is 8.49. The maximum atomic E-state index is 10.8. The van der Waals surface area contributed by atoms with Gasteiger partial charge in [-0.25, -0.2) is 4.68 Å². The number of carbonyl (C=O) groups excluding carboxylic acids is 1. The number of hydrogen-bond donors (Lipinski definition) is 0. The average Bonchev–Trinajstić information content (AvgIpc) is 2.91. The Morgan fingerprint density at radius 3 is 2.93 bits per heavy atom. The quantitative estimate of drug-likeness (QED) is 0.679. The topological polar surface area (TPSA) is 44.1 Å². The third kappa shape index (κ3) is 1.64. The van der Waals surface area contributed by atoms with Crippen LogP contribution in [0, 0.1) is 12.8 Å². The van der Waals surface area contributed by atoms with Gasteiger partial charge in [0.2, 0.25) is 5.88 Å². The Balaban J connectivity index is 2.15. The summed E-state index contributed by atoms with van der Waals surface area (Å²) >= 11 is 0. The molecule has 0 unspecified atom stereocenters. The summed E-state index contributed by atoms with van der Waals surface area (Å²) in [6.07, 6.45) is 3.30. The van der Waals surface area contributed by atoms with Gasteiger partial charge in [0.05, 0.1) is 17.9 Å². The van der Waals surface area contributed by atoms with E-state index < -0.39 is 0 Å². The zero-order chi connectivity index (χ0) is 10.1. The lowest BCUT2D eigenvalue weighted by Gasteiger charge is -2.05. The van der Waals surface area contributed by atoms with Gasteiger partial charge in [0, 0.05) is 7.05 Å². The number of aromatic nitrogens is 2. The van der Waals surface area contributed by atoms with Crippen molar-refractivity contribution in [2.24, 2.45) is 13.0 Å². The van der Waals surface area contributed by atoms with Crippen LogP contribution in [0.25, 0.3) is 0 Å². The number of ether oxygens (including phenoxy) is 1. The molecular weight excluding hydrogens is 180 g/mol. The molecule has 2 rings (SSSR count). The van der Waals surface area contributed by atoms with Crippen LogP contribution < -0.4 is 4.74 Å². The van der Waals surface area contributed by atoms with Gasteiger partial charge in [-0.2, -0.15) is 5.10 Å². The van der Waals surface area contributed by atoms with Crippen molar-refractivity contribution in [1.82, 2.24) is 9.78 Å². The number of nitrogens with zero attached hydrogens (tertiary/aromatic N) is 2. The number of aldehydes is 1. The highest BCUT2D eigenvalue weighted by molar-refractivity contribution is 5.80. The van der Waals surface area contributed by atoms with Crippen LogP contribution in [0.2, 0.25) is 0 Å². The van der Waals surface area contributed by atoms with E-state index in [9.17, 15) is 4.79 Å². The van der Waals surface area contributed by atoms with Crippen molar-refractivity contribution in [2.45, 2.75) is 19.8 Å². The van der Waals surface area contributed by atoms with Crippen molar-refractivity contribution in [3.63, 3.8) is 0 Å². The summed E-state index contributed by atoms with van der Waals surface area (Å²) in [7, 11) is 1.79. The molecule has 0 aliphatic heterocycles. The molecule has 0 spiro atoms. The van der Waals surface area contributed by atoms with Gasteiger partial charge in [-0.05, 0) is 25.7 Å². The molecule has 4 heteroatoms. The highest BCUT2D eigenvalue weighted by Crippen LogP contribution is 2.30. The van der Waals surface area contributed by atoms with Gasteiger partial charge in [-0.3, -0.25) is 4.79 Å². The van der Waals surface area contributed by atoms with Crippen molar-refractivity contribution in [1.29, 1.82) is 0 Å². The first-order chi connectivity index (χ1) is 6.72. The first kappa shape index (κ1) is 9.24. The zero-order valence-corrected chi connectivity index (χ0v) is 8.49. The molecule has 76 valence electrons. The van der Waals surface area contributed by atoms with E-state index in [2.05, 4.69) is 5.10 Å². The van der Waals surface area contributed by atoms with Gasteiger partial charge < -0.3 is 4.74 Å². The number of carbonyl (C=O) groups is 1. The summed E-state index contributed by atoms with van der Waals surface area (Å²) in [4.78, 5) is 10.8. The van der Waals surface area contributed by atoms with Crippen molar-refractivity contribution in [3.05, 3.63) is 11.3 Å². The van der Waals surface area contributed by atoms with Crippen molar-refractivity contribution >= 4 is 6.29 Å². The molecule has 1 aromatic rings. The lowest BCUT2D eigenvalue weighted by atomic mass is 10.3. The minimum atomic E-state index is 0.577. The smallest absolute Gasteiger partial charge is 0.222 e. The van der Waals surface area contributed by atoms with Gasteiger partial charge in [0.1, 0.15) is 0 Å². The van der Waals surface area contributed by atoms with Crippen LogP contribution in [0.1, 0.15) is 28.9 Å². The lowest BCUT2D eigenvalue weighted by molar-refractivity contribution is 0.111. The summed E-state index contributed by atoms with van der Waals surface area (Å²) in [5, 5.41) is 4.14. The number of rotatable bonds is 4. The van der Waals surface area contributed by atoms with Crippen LogP contribution in [0.15, 0.2) is 0 Å². The normalized spacial score (nSPS) is 15.6. The van der Waals surface area contributed by atoms with E-state index in [-0.39, 0.29) is 0 Å². The maximum absolute atomic E-state index is 10.8. The second kappa shape index (κ2) is 3.44. The van der Waals surface area contributed by atoms with E-state index in [4.69, 9.17) is 4.74 Å². The van der Waals surface area contributed by atoms with Gasteiger partial charge >= 0.3 is 0 Å². The molecule has 0 radical (unpaired) electrons. The second-order valence-corrected chi connectivity index (χ2v) is 3.80. The number of aryl methyl sites for hydroxylation is 2. The van der Waals surface area contributed by atoms with Crippen LogP contribution in [-0.4, -0.2) is 22.7 Å². The summed E-state index contributed by atoms with van der Waals surface area (Å²) in [6.45, 7) is 2.52. The Morgan fingerprint density at radius 2 is 2.36 bits per heavy atom. The molecule has 0 bridgehead atoms. The Bertz CT molecular complexity index is 353. The molecule has 1 aliphatic rings. The van der Waals surface area contributed by atoms with Gasteiger partial charge in [0.25, 0.3) is 0 Å². The Kier molecular flexibility index (Phi) is 2.27. The van der Waals surface area contributed by atoms with Crippen molar-refractivity contribution in [3.8, 4) is 5.88 Å². The van der Waals surface area contributed by atoms with E-state index in [1.165, 1.54) is 12.8 Å². The molecule has 1 aliphatic carbocycles. The second-order valence-electron chi connectivity index (χ2n) is 3.80. The molecule has 14 heavy (non-hydrogen) atoms. The minimum absolute atomic E-state index is 0.577. The third-order valence-electron chi connectivity index (χ3n) is 2.48. The Hall–Kier alpha value is -1.32. The van der Waals surface area contributed by atoms with Gasteiger partial charge in [-0.15, -0.1) is 0 Å². The SMILES string of the molecule is Cc1nn(C)c(OCC2CC2)c1C=O. The van der Waals surface area contributed by atoms with E-state index in [1.54, 1.807) is 11.7 Å². The number of hydrogen-bond acceptors (Lipinski definition) is 3. The third-order valence-corrected chi connectivity index (χ3v) is 2.48. The van der Waals surface area contributed by atoms with Crippen molar-refractivity contribution < 1.29 is 9.53 Å².